The highest BCUT2D eigenvalue weighted by Gasteiger charge is 2.15. The number of furan rings is 1. The summed E-state index contributed by atoms with van der Waals surface area (Å²) in [4.78, 5) is 12.0. The van der Waals surface area contributed by atoms with Crippen molar-refractivity contribution in [2.75, 3.05) is 5.73 Å². The third-order valence-electron chi connectivity index (χ3n) is 3.16. The third kappa shape index (κ3) is 1.57. The summed E-state index contributed by atoms with van der Waals surface area (Å²) in [6, 6.07) is 9.15. The van der Waals surface area contributed by atoms with Crippen molar-refractivity contribution in [2.45, 2.75) is 0 Å². The molecule has 0 radical (unpaired) electrons. The molecular formula is C14H9ClN4O. The Bertz CT molecular complexity index is 927. The summed E-state index contributed by atoms with van der Waals surface area (Å²) < 4.78 is 5.43. The van der Waals surface area contributed by atoms with Crippen LogP contribution in [0.2, 0.25) is 5.02 Å². The Morgan fingerprint density at radius 2 is 2.10 bits per heavy atom. The van der Waals surface area contributed by atoms with Crippen molar-refractivity contribution >= 4 is 39.5 Å². The van der Waals surface area contributed by atoms with Crippen molar-refractivity contribution in [2.24, 2.45) is 0 Å². The van der Waals surface area contributed by atoms with Crippen LogP contribution in [0.5, 0.6) is 0 Å². The maximum Gasteiger partial charge on any atom is 0.198 e. The van der Waals surface area contributed by atoms with E-state index in [1.807, 2.05) is 24.3 Å². The van der Waals surface area contributed by atoms with Gasteiger partial charge in [-0.1, -0.05) is 11.6 Å². The van der Waals surface area contributed by atoms with Gasteiger partial charge < -0.3 is 15.1 Å². The highest BCUT2D eigenvalue weighted by atomic mass is 35.5. The molecule has 3 heterocycles. The lowest BCUT2D eigenvalue weighted by Crippen LogP contribution is -1.88. The van der Waals surface area contributed by atoms with Crippen molar-refractivity contribution in [1.82, 2.24) is 15.0 Å². The van der Waals surface area contributed by atoms with Crippen LogP contribution in [0.15, 0.2) is 41.0 Å². The average molecular weight is 285 g/mol. The molecule has 4 aromatic rings. The Morgan fingerprint density at radius 3 is 2.90 bits per heavy atom. The monoisotopic (exact) mass is 284 g/mol. The molecule has 0 amide bonds. The molecule has 0 saturated heterocycles. The van der Waals surface area contributed by atoms with Crippen LogP contribution in [0.25, 0.3) is 33.4 Å². The van der Waals surface area contributed by atoms with Gasteiger partial charge in [-0.3, -0.25) is 0 Å². The number of nitrogens with two attached hydrogens (primary N) is 1. The van der Waals surface area contributed by atoms with Gasteiger partial charge in [0.1, 0.15) is 11.2 Å². The van der Waals surface area contributed by atoms with Crippen LogP contribution in [0, 0.1) is 0 Å². The number of aromatic amines is 1. The lowest BCUT2D eigenvalue weighted by atomic mass is 10.1. The molecule has 0 fully saturated rings. The number of nitrogens with one attached hydrogen (secondary N) is 1. The first kappa shape index (κ1) is 11.3. The normalized spacial score (nSPS) is 11.4. The molecule has 20 heavy (non-hydrogen) atoms. The van der Waals surface area contributed by atoms with E-state index in [4.69, 9.17) is 21.8 Å². The first-order valence-corrected chi connectivity index (χ1v) is 6.38. The van der Waals surface area contributed by atoms with Crippen LogP contribution >= 0.6 is 11.6 Å². The van der Waals surface area contributed by atoms with Crippen molar-refractivity contribution in [1.29, 1.82) is 0 Å². The van der Waals surface area contributed by atoms with Crippen LogP contribution in [0.1, 0.15) is 0 Å². The molecule has 0 spiro atoms. The highest BCUT2D eigenvalue weighted by molar-refractivity contribution is 6.31. The minimum absolute atomic E-state index is 0.344. The van der Waals surface area contributed by atoms with E-state index in [9.17, 15) is 0 Å². The number of aromatic nitrogens is 3. The van der Waals surface area contributed by atoms with Crippen LogP contribution in [0.3, 0.4) is 0 Å². The summed E-state index contributed by atoms with van der Waals surface area (Å²) in [6.07, 6.45) is 1.60. The molecule has 0 saturated carbocycles. The van der Waals surface area contributed by atoms with Gasteiger partial charge in [0.2, 0.25) is 0 Å². The number of anilines is 1. The fourth-order valence-electron chi connectivity index (χ4n) is 2.32. The average Bonchev–Trinajstić information content (AvgIpc) is 3.05. The Labute approximate surface area is 118 Å². The van der Waals surface area contributed by atoms with Gasteiger partial charge in [-0.25, -0.2) is 9.97 Å². The minimum atomic E-state index is 0.344. The summed E-state index contributed by atoms with van der Waals surface area (Å²) in [5.41, 5.74) is 8.72. The molecule has 6 heteroatoms. The summed E-state index contributed by atoms with van der Waals surface area (Å²) in [6.45, 7) is 0. The smallest absolute Gasteiger partial charge is 0.198 e. The molecule has 98 valence electrons. The summed E-state index contributed by atoms with van der Waals surface area (Å²) in [5.74, 6) is 0.998. The standard InChI is InChI=1S/C14H9ClN4O/c15-7-3-4-8-9(6-7)17-12(10-2-1-5-20-10)13-11(8)18-14(16)19-13/h1-6H,(H3,16,18,19). The molecule has 0 aliphatic carbocycles. The molecule has 0 aliphatic heterocycles. The van der Waals surface area contributed by atoms with E-state index < -0.39 is 0 Å². The number of benzene rings is 1. The van der Waals surface area contributed by atoms with Crippen LogP contribution < -0.4 is 5.73 Å². The van der Waals surface area contributed by atoms with Gasteiger partial charge in [0.15, 0.2) is 11.7 Å². The molecule has 3 aromatic heterocycles. The molecular weight excluding hydrogens is 276 g/mol. The number of hydrogen-bond acceptors (Lipinski definition) is 4. The number of rotatable bonds is 1. The van der Waals surface area contributed by atoms with Crippen LogP contribution in [-0.2, 0) is 0 Å². The van der Waals surface area contributed by atoms with E-state index >= 15 is 0 Å². The molecule has 5 nitrogen and oxygen atoms in total. The fourth-order valence-corrected chi connectivity index (χ4v) is 2.49. The molecule has 0 unspecified atom stereocenters. The zero-order chi connectivity index (χ0) is 13.7. The highest BCUT2D eigenvalue weighted by Crippen LogP contribution is 2.32. The Hall–Kier alpha value is -2.53. The van der Waals surface area contributed by atoms with Gasteiger partial charge in [-0.05, 0) is 30.3 Å². The van der Waals surface area contributed by atoms with Crippen molar-refractivity contribution in [3.63, 3.8) is 0 Å². The number of fused-ring (bicyclic) bond motifs is 3. The van der Waals surface area contributed by atoms with Gasteiger partial charge in [-0.2, -0.15) is 0 Å². The van der Waals surface area contributed by atoms with E-state index in [0.717, 1.165) is 21.9 Å². The fraction of sp³-hybridized carbons (Fsp3) is 0. The van der Waals surface area contributed by atoms with Gasteiger partial charge in [0.25, 0.3) is 0 Å². The summed E-state index contributed by atoms with van der Waals surface area (Å²) >= 11 is 6.04. The topological polar surface area (TPSA) is 80.7 Å². The number of nitrogens with zero attached hydrogens (tertiary/aromatic N) is 2. The predicted octanol–water partition coefficient (Wildman–Crippen LogP) is 3.61. The van der Waals surface area contributed by atoms with Gasteiger partial charge in [0.05, 0.1) is 17.3 Å². The number of pyridine rings is 1. The van der Waals surface area contributed by atoms with E-state index in [1.54, 1.807) is 12.3 Å². The number of halogens is 1. The number of H-pyrrole nitrogens is 1. The SMILES string of the molecule is Nc1nc2c([nH]1)c(-c1ccco1)nc1cc(Cl)ccc12. The maximum atomic E-state index is 6.04. The quantitative estimate of drug-likeness (QED) is 0.559. The van der Waals surface area contributed by atoms with Gasteiger partial charge in [0, 0.05) is 10.4 Å². The predicted molar refractivity (Wildman–Crippen MR) is 78.5 cm³/mol. The van der Waals surface area contributed by atoms with E-state index in [-0.39, 0.29) is 0 Å². The second-order valence-corrected chi connectivity index (χ2v) is 4.88. The second kappa shape index (κ2) is 3.98. The number of imidazole rings is 1. The van der Waals surface area contributed by atoms with Crippen LogP contribution in [0.4, 0.5) is 5.95 Å². The minimum Gasteiger partial charge on any atom is -0.463 e. The van der Waals surface area contributed by atoms with Crippen LogP contribution in [-0.4, -0.2) is 15.0 Å². The molecule has 0 bridgehead atoms. The van der Waals surface area contributed by atoms with Crippen molar-refractivity contribution in [3.8, 4) is 11.5 Å². The van der Waals surface area contributed by atoms with Gasteiger partial charge in [-0.15, -0.1) is 0 Å². The van der Waals surface area contributed by atoms with E-state index in [2.05, 4.69) is 15.0 Å². The van der Waals surface area contributed by atoms with E-state index in [0.29, 0.717) is 22.4 Å². The second-order valence-electron chi connectivity index (χ2n) is 4.44. The summed E-state index contributed by atoms with van der Waals surface area (Å²) in [5, 5.41) is 1.52. The Balaban J connectivity index is 2.20. The number of hydrogen-bond donors (Lipinski definition) is 2. The lowest BCUT2D eigenvalue weighted by Gasteiger charge is -2.03. The van der Waals surface area contributed by atoms with Crippen molar-refractivity contribution in [3.05, 3.63) is 41.6 Å². The molecule has 1 aromatic carbocycles. The largest absolute Gasteiger partial charge is 0.463 e. The number of nitrogen functional groups attached to an aromatic ring is 1. The zero-order valence-corrected chi connectivity index (χ0v) is 11.0. The lowest BCUT2D eigenvalue weighted by molar-refractivity contribution is 0.581. The van der Waals surface area contributed by atoms with Crippen molar-refractivity contribution < 1.29 is 4.42 Å². The van der Waals surface area contributed by atoms with Gasteiger partial charge >= 0.3 is 0 Å². The third-order valence-corrected chi connectivity index (χ3v) is 3.40. The van der Waals surface area contributed by atoms with E-state index in [1.165, 1.54) is 0 Å². The molecule has 0 aliphatic rings. The first-order valence-electron chi connectivity index (χ1n) is 6.01. The Kier molecular flexibility index (Phi) is 2.25. The molecule has 3 N–H and O–H groups in total. The maximum absolute atomic E-state index is 6.04. The molecule has 0 atom stereocenters. The zero-order valence-electron chi connectivity index (χ0n) is 10.2. The summed E-state index contributed by atoms with van der Waals surface area (Å²) in [7, 11) is 0. The molecule has 4 rings (SSSR count). The first-order chi connectivity index (χ1) is 9.72. The Morgan fingerprint density at radius 1 is 1.20 bits per heavy atom.